The molecule has 0 aliphatic carbocycles. The molecule has 184 valence electrons. The molecule has 0 saturated carbocycles. The molecule has 0 aromatic heterocycles. The van der Waals surface area contributed by atoms with Crippen LogP contribution in [0.5, 0.6) is 0 Å². The van der Waals surface area contributed by atoms with Crippen LogP contribution in [0.1, 0.15) is 54.5 Å². The first-order valence-electron chi connectivity index (χ1n) is 13.0. The van der Waals surface area contributed by atoms with Gasteiger partial charge in [-0.25, -0.2) is 0 Å². The first kappa shape index (κ1) is 25.3. The summed E-state index contributed by atoms with van der Waals surface area (Å²) in [5, 5.41) is 7.21. The second-order valence-electron chi connectivity index (χ2n) is 9.52. The van der Waals surface area contributed by atoms with Gasteiger partial charge >= 0.3 is 0 Å². The predicted molar refractivity (Wildman–Crippen MR) is 159 cm³/mol. The lowest BCUT2D eigenvalue weighted by molar-refractivity contribution is 0.730. The highest BCUT2D eigenvalue weighted by atomic mass is 14.9. The van der Waals surface area contributed by atoms with Gasteiger partial charge in [0.15, 0.2) is 0 Å². The normalized spacial score (nSPS) is 13.8. The van der Waals surface area contributed by atoms with E-state index in [2.05, 4.69) is 136 Å². The first-order valence-corrected chi connectivity index (χ1v) is 13.0. The quantitative estimate of drug-likeness (QED) is 0.303. The van der Waals surface area contributed by atoms with Crippen molar-refractivity contribution in [2.45, 2.75) is 46.6 Å². The standard InChI is InChI=1S/C34H38N2/c1-6-8-17-32(23-27(7-2)33-18-10-9-13-24(33)3)36-26(5)28-14-11-15-29(21-28)31-20-25(4)34-30(22-31)16-12-19-35-34/h7-18,20-22,32,35-36H,5-6,19,23H2,1-4H3/b17-8+,27-7-. The van der Waals surface area contributed by atoms with Gasteiger partial charge in [-0.3, -0.25) is 0 Å². The number of nitrogens with one attached hydrogen (secondary N) is 2. The first-order chi connectivity index (χ1) is 17.5. The lowest BCUT2D eigenvalue weighted by Gasteiger charge is -2.22. The van der Waals surface area contributed by atoms with Gasteiger partial charge in [0.2, 0.25) is 0 Å². The zero-order valence-corrected chi connectivity index (χ0v) is 22.1. The molecule has 4 rings (SSSR count). The van der Waals surface area contributed by atoms with Crippen molar-refractivity contribution in [3.05, 3.63) is 119 Å². The van der Waals surface area contributed by atoms with Crippen molar-refractivity contribution >= 4 is 23.0 Å². The summed E-state index contributed by atoms with van der Waals surface area (Å²) < 4.78 is 0. The SMILES string of the molecule is C=C(NC(/C=C/CC)C/C(=C/C)c1ccccc1C)c1cccc(-c2cc(C)c3c(c2)C=CCN3)c1. The van der Waals surface area contributed by atoms with Crippen LogP contribution in [0.3, 0.4) is 0 Å². The summed E-state index contributed by atoms with van der Waals surface area (Å²) in [6, 6.07) is 22.0. The molecule has 3 aromatic rings. The molecule has 0 amide bonds. The van der Waals surface area contributed by atoms with E-state index in [1.165, 1.54) is 44.6 Å². The van der Waals surface area contributed by atoms with Crippen LogP contribution in [0, 0.1) is 13.8 Å². The van der Waals surface area contributed by atoms with E-state index in [9.17, 15) is 0 Å². The summed E-state index contributed by atoms with van der Waals surface area (Å²) >= 11 is 0. The Morgan fingerprint density at radius 1 is 1.03 bits per heavy atom. The van der Waals surface area contributed by atoms with Gasteiger partial charge in [0.05, 0.1) is 0 Å². The molecule has 1 heterocycles. The molecule has 1 unspecified atom stereocenters. The molecule has 2 nitrogen and oxygen atoms in total. The van der Waals surface area contributed by atoms with Gasteiger partial charge in [-0.15, -0.1) is 0 Å². The summed E-state index contributed by atoms with van der Waals surface area (Å²) in [7, 11) is 0. The lowest BCUT2D eigenvalue weighted by Crippen LogP contribution is -2.26. The minimum absolute atomic E-state index is 0.161. The van der Waals surface area contributed by atoms with Crippen LogP contribution >= 0.6 is 0 Å². The van der Waals surface area contributed by atoms with Gasteiger partial charge in [0.1, 0.15) is 0 Å². The fourth-order valence-electron chi connectivity index (χ4n) is 4.92. The third-order valence-corrected chi connectivity index (χ3v) is 6.85. The van der Waals surface area contributed by atoms with Crippen molar-refractivity contribution in [3.63, 3.8) is 0 Å². The third kappa shape index (κ3) is 5.88. The molecule has 1 aliphatic heterocycles. The minimum Gasteiger partial charge on any atom is -0.381 e. The van der Waals surface area contributed by atoms with E-state index >= 15 is 0 Å². The van der Waals surface area contributed by atoms with Crippen molar-refractivity contribution in [1.82, 2.24) is 5.32 Å². The van der Waals surface area contributed by atoms with Gasteiger partial charge in [-0.05, 0) is 96.3 Å². The number of hydrogen-bond donors (Lipinski definition) is 2. The average molecular weight is 475 g/mol. The number of anilines is 1. The zero-order chi connectivity index (χ0) is 25.5. The Bertz CT molecular complexity index is 1320. The molecule has 1 atom stereocenters. The summed E-state index contributed by atoms with van der Waals surface area (Å²) in [5.74, 6) is 0. The van der Waals surface area contributed by atoms with Gasteiger partial charge < -0.3 is 10.6 Å². The molecule has 36 heavy (non-hydrogen) atoms. The minimum atomic E-state index is 0.161. The van der Waals surface area contributed by atoms with Crippen LogP contribution in [-0.4, -0.2) is 12.6 Å². The van der Waals surface area contributed by atoms with Crippen molar-refractivity contribution in [3.8, 4) is 11.1 Å². The summed E-state index contributed by atoms with van der Waals surface area (Å²) in [5.41, 5.74) is 12.2. The Kier molecular flexibility index (Phi) is 8.28. The number of aryl methyl sites for hydroxylation is 2. The van der Waals surface area contributed by atoms with Gasteiger partial charge in [-0.2, -0.15) is 0 Å². The van der Waals surface area contributed by atoms with Crippen LogP contribution in [0.25, 0.3) is 28.5 Å². The van der Waals surface area contributed by atoms with E-state index in [4.69, 9.17) is 0 Å². The predicted octanol–water partition coefficient (Wildman–Crippen LogP) is 8.80. The number of allylic oxidation sites excluding steroid dienone is 2. The second-order valence-corrected chi connectivity index (χ2v) is 9.52. The molecular weight excluding hydrogens is 436 g/mol. The Morgan fingerprint density at radius 2 is 1.86 bits per heavy atom. The molecule has 2 N–H and O–H groups in total. The number of hydrogen-bond acceptors (Lipinski definition) is 2. The van der Waals surface area contributed by atoms with Crippen molar-refractivity contribution in [2.75, 3.05) is 11.9 Å². The largest absolute Gasteiger partial charge is 0.381 e. The number of benzene rings is 3. The summed E-state index contributed by atoms with van der Waals surface area (Å²) in [4.78, 5) is 0. The summed E-state index contributed by atoms with van der Waals surface area (Å²) in [6.07, 6.45) is 13.1. The maximum atomic E-state index is 4.43. The van der Waals surface area contributed by atoms with E-state index in [1.54, 1.807) is 0 Å². The molecule has 0 bridgehead atoms. The number of fused-ring (bicyclic) bond motifs is 1. The highest BCUT2D eigenvalue weighted by molar-refractivity contribution is 5.80. The van der Waals surface area contributed by atoms with E-state index < -0.39 is 0 Å². The van der Waals surface area contributed by atoms with Crippen molar-refractivity contribution < 1.29 is 0 Å². The van der Waals surface area contributed by atoms with Crippen LogP contribution in [0.15, 0.2) is 91.5 Å². The Balaban J connectivity index is 1.57. The second kappa shape index (κ2) is 11.8. The molecule has 1 aliphatic rings. The van der Waals surface area contributed by atoms with E-state index in [0.29, 0.717) is 0 Å². The molecular formula is C34H38N2. The average Bonchev–Trinajstić information content (AvgIpc) is 2.90. The topological polar surface area (TPSA) is 24.1 Å². The molecule has 0 spiro atoms. The number of rotatable bonds is 9. The van der Waals surface area contributed by atoms with E-state index in [1.807, 2.05) is 0 Å². The zero-order valence-electron chi connectivity index (χ0n) is 22.1. The molecule has 3 aromatic carbocycles. The van der Waals surface area contributed by atoms with Crippen molar-refractivity contribution in [2.24, 2.45) is 0 Å². The van der Waals surface area contributed by atoms with E-state index in [-0.39, 0.29) is 6.04 Å². The smallest absolute Gasteiger partial charge is 0.0484 e. The van der Waals surface area contributed by atoms with Crippen molar-refractivity contribution in [1.29, 1.82) is 0 Å². The van der Waals surface area contributed by atoms with Gasteiger partial charge in [0.25, 0.3) is 0 Å². The third-order valence-electron chi connectivity index (χ3n) is 6.85. The van der Waals surface area contributed by atoms with Crippen LogP contribution < -0.4 is 10.6 Å². The highest BCUT2D eigenvalue weighted by Crippen LogP contribution is 2.32. The lowest BCUT2D eigenvalue weighted by atomic mass is 9.93. The van der Waals surface area contributed by atoms with Crippen LogP contribution in [-0.2, 0) is 0 Å². The van der Waals surface area contributed by atoms with E-state index in [0.717, 1.165) is 30.6 Å². The highest BCUT2D eigenvalue weighted by Gasteiger charge is 2.14. The van der Waals surface area contributed by atoms with Crippen LogP contribution in [0.4, 0.5) is 5.69 Å². The Labute approximate surface area is 217 Å². The molecule has 0 fully saturated rings. The molecule has 2 heteroatoms. The molecule has 0 saturated heterocycles. The maximum absolute atomic E-state index is 4.43. The fourth-order valence-corrected chi connectivity index (χ4v) is 4.92. The maximum Gasteiger partial charge on any atom is 0.0484 e. The molecule has 0 radical (unpaired) electrons. The Morgan fingerprint density at radius 3 is 2.64 bits per heavy atom. The van der Waals surface area contributed by atoms with Gasteiger partial charge in [0, 0.05) is 24.0 Å². The monoisotopic (exact) mass is 474 g/mol. The Hall–Kier alpha value is -3.78. The summed E-state index contributed by atoms with van der Waals surface area (Å²) in [6.45, 7) is 14.0. The van der Waals surface area contributed by atoms with Gasteiger partial charge in [-0.1, -0.05) is 86.3 Å². The van der Waals surface area contributed by atoms with Crippen LogP contribution in [0.2, 0.25) is 0 Å². The fraction of sp³-hybridized carbons (Fsp3) is 0.235.